The van der Waals surface area contributed by atoms with Crippen LogP contribution in [0.2, 0.25) is 0 Å². The van der Waals surface area contributed by atoms with Gasteiger partial charge in [-0.2, -0.15) is 5.26 Å². The van der Waals surface area contributed by atoms with Gasteiger partial charge in [-0.3, -0.25) is 4.79 Å². The average Bonchev–Trinajstić information content (AvgIpc) is 2.60. The van der Waals surface area contributed by atoms with Crippen LogP contribution in [-0.4, -0.2) is 23.8 Å². The zero-order valence-corrected chi connectivity index (χ0v) is 15.4. The fourth-order valence-electron chi connectivity index (χ4n) is 2.45. The van der Waals surface area contributed by atoms with Gasteiger partial charge in [-0.05, 0) is 31.0 Å². The molecule has 2 aromatic rings. The van der Waals surface area contributed by atoms with Crippen LogP contribution in [0.1, 0.15) is 35.3 Å². The lowest BCUT2D eigenvalue weighted by molar-refractivity contribution is -0.119. The summed E-state index contributed by atoms with van der Waals surface area (Å²) in [5.41, 5.74) is 3.11. The summed E-state index contributed by atoms with van der Waals surface area (Å²) in [4.78, 5) is 16.6. The fraction of sp³-hybridized carbons (Fsp3) is 0.316. The van der Waals surface area contributed by atoms with Crippen molar-refractivity contribution >= 4 is 17.7 Å². The highest BCUT2D eigenvalue weighted by Crippen LogP contribution is 2.24. The molecule has 1 aromatic heterocycles. The van der Waals surface area contributed by atoms with E-state index in [9.17, 15) is 10.1 Å². The van der Waals surface area contributed by atoms with Crippen LogP contribution in [0.3, 0.4) is 0 Å². The van der Waals surface area contributed by atoms with Crippen molar-refractivity contribution < 1.29 is 9.53 Å². The first-order chi connectivity index (χ1) is 12.0. The summed E-state index contributed by atoms with van der Waals surface area (Å²) in [6.45, 7) is 4.15. The molecule has 2 rings (SSSR count). The molecule has 1 atom stereocenters. The fourth-order valence-corrected chi connectivity index (χ4v) is 3.33. The first-order valence-corrected chi connectivity index (χ1v) is 8.90. The molecule has 0 aliphatic rings. The maximum absolute atomic E-state index is 12.2. The number of hydrogen-bond acceptors (Lipinski definition) is 5. The zero-order valence-electron chi connectivity index (χ0n) is 14.6. The topological polar surface area (TPSA) is 75.0 Å². The maximum Gasteiger partial charge on any atom is 0.230 e. The van der Waals surface area contributed by atoms with E-state index in [0.717, 1.165) is 16.8 Å². The van der Waals surface area contributed by atoms with Crippen molar-refractivity contribution in [3.63, 3.8) is 0 Å². The van der Waals surface area contributed by atoms with Crippen LogP contribution in [0.15, 0.2) is 41.4 Å². The second-order valence-electron chi connectivity index (χ2n) is 5.64. The summed E-state index contributed by atoms with van der Waals surface area (Å²) in [5, 5.41) is 12.9. The average molecular weight is 355 g/mol. The molecule has 1 aromatic carbocycles. The van der Waals surface area contributed by atoms with Gasteiger partial charge >= 0.3 is 0 Å². The van der Waals surface area contributed by atoms with E-state index in [4.69, 9.17) is 4.74 Å². The van der Waals surface area contributed by atoms with Gasteiger partial charge in [0.25, 0.3) is 0 Å². The molecule has 1 amide bonds. The normalized spacial score (nSPS) is 11.6. The molecule has 0 spiro atoms. The van der Waals surface area contributed by atoms with Crippen LogP contribution in [0.5, 0.6) is 0 Å². The van der Waals surface area contributed by atoms with Crippen LogP contribution in [0.4, 0.5) is 0 Å². The first kappa shape index (κ1) is 19.0. The lowest BCUT2D eigenvalue weighted by Gasteiger charge is -2.14. The van der Waals surface area contributed by atoms with Gasteiger partial charge in [0.2, 0.25) is 5.91 Å². The minimum atomic E-state index is -0.0955. The number of hydrogen-bond donors (Lipinski definition) is 1. The van der Waals surface area contributed by atoms with Crippen molar-refractivity contribution in [1.29, 1.82) is 5.26 Å². The van der Waals surface area contributed by atoms with Gasteiger partial charge in [-0.15, -0.1) is 0 Å². The molecule has 0 radical (unpaired) electrons. The SMILES string of the molecule is COCc1cc(C)nc(SCC(=O)NC(C)c2ccccc2)c1C#N. The number of methoxy groups -OCH3 is 1. The highest BCUT2D eigenvalue weighted by atomic mass is 32.2. The van der Waals surface area contributed by atoms with Crippen molar-refractivity contribution in [3.05, 3.63) is 58.8 Å². The van der Waals surface area contributed by atoms with Crippen LogP contribution >= 0.6 is 11.8 Å². The van der Waals surface area contributed by atoms with E-state index in [0.29, 0.717) is 17.2 Å². The number of aryl methyl sites for hydroxylation is 1. The van der Waals surface area contributed by atoms with E-state index in [-0.39, 0.29) is 17.7 Å². The van der Waals surface area contributed by atoms with Crippen LogP contribution in [0.25, 0.3) is 0 Å². The van der Waals surface area contributed by atoms with E-state index in [1.807, 2.05) is 50.2 Å². The van der Waals surface area contributed by atoms with Crippen molar-refractivity contribution in [2.45, 2.75) is 31.5 Å². The molecule has 0 bridgehead atoms. The zero-order chi connectivity index (χ0) is 18.2. The molecule has 1 unspecified atom stereocenters. The third-order valence-corrected chi connectivity index (χ3v) is 4.60. The summed E-state index contributed by atoms with van der Waals surface area (Å²) in [7, 11) is 1.59. The number of rotatable bonds is 7. The van der Waals surface area contributed by atoms with Crippen LogP contribution in [0, 0.1) is 18.3 Å². The van der Waals surface area contributed by atoms with Crippen molar-refractivity contribution in [1.82, 2.24) is 10.3 Å². The van der Waals surface area contributed by atoms with Crippen molar-refractivity contribution in [2.24, 2.45) is 0 Å². The summed E-state index contributed by atoms with van der Waals surface area (Å²) < 4.78 is 5.14. The van der Waals surface area contributed by atoms with Gasteiger partial charge in [-0.1, -0.05) is 42.1 Å². The molecular weight excluding hydrogens is 334 g/mol. The number of nitrogens with zero attached hydrogens (tertiary/aromatic N) is 2. The summed E-state index contributed by atoms with van der Waals surface area (Å²) in [6.07, 6.45) is 0. The van der Waals surface area contributed by atoms with Gasteiger partial charge in [0.15, 0.2) is 0 Å². The van der Waals surface area contributed by atoms with E-state index in [2.05, 4.69) is 16.4 Å². The number of benzene rings is 1. The second kappa shape index (κ2) is 9.21. The molecule has 6 heteroatoms. The molecule has 0 aliphatic carbocycles. The number of carbonyl (C=O) groups excluding carboxylic acids is 1. The third-order valence-electron chi connectivity index (χ3n) is 3.62. The Morgan fingerprint density at radius 3 is 2.76 bits per heavy atom. The lowest BCUT2D eigenvalue weighted by atomic mass is 10.1. The van der Waals surface area contributed by atoms with Crippen LogP contribution in [-0.2, 0) is 16.1 Å². The second-order valence-corrected chi connectivity index (χ2v) is 6.60. The predicted molar refractivity (Wildman–Crippen MR) is 98.1 cm³/mol. The smallest absolute Gasteiger partial charge is 0.230 e. The summed E-state index contributed by atoms with van der Waals surface area (Å²) in [6, 6.07) is 13.7. The molecule has 130 valence electrons. The maximum atomic E-state index is 12.2. The Bertz CT molecular complexity index is 772. The largest absolute Gasteiger partial charge is 0.380 e. The highest BCUT2D eigenvalue weighted by Gasteiger charge is 2.15. The van der Waals surface area contributed by atoms with Crippen LogP contribution < -0.4 is 5.32 Å². The molecule has 0 saturated heterocycles. The minimum absolute atomic E-state index is 0.0701. The molecule has 1 N–H and O–H groups in total. The predicted octanol–water partition coefficient (Wildman–Crippen LogP) is 3.38. The molecule has 1 heterocycles. The Morgan fingerprint density at radius 1 is 1.40 bits per heavy atom. The molecule has 25 heavy (non-hydrogen) atoms. The number of aromatic nitrogens is 1. The number of nitrogens with one attached hydrogen (secondary N) is 1. The van der Waals surface area contributed by atoms with Gasteiger partial charge in [0.05, 0.1) is 24.0 Å². The number of amides is 1. The molecule has 5 nitrogen and oxygen atoms in total. The van der Waals surface area contributed by atoms with Crippen molar-refractivity contribution in [3.8, 4) is 6.07 Å². The first-order valence-electron chi connectivity index (χ1n) is 7.91. The van der Waals surface area contributed by atoms with E-state index in [1.54, 1.807) is 7.11 Å². The molecule has 0 saturated carbocycles. The number of ether oxygens (including phenoxy) is 1. The van der Waals surface area contributed by atoms with E-state index < -0.39 is 0 Å². The lowest BCUT2D eigenvalue weighted by Crippen LogP contribution is -2.28. The molecular formula is C19H21N3O2S. The van der Waals surface area contributed by atoms with Gasteiger partial charge in [-0.25, -0.2) is 4.98 Å². The molecule has 0 fully saturated rings. The Morgan fingerprint density at radius 2 is 2.12 bits per heavy atom. The Hall–Kier alpha value is -2.36. The molecule has 0 aliphatic heterocycles. The minimum Gasteiger partial charge on any atom is -0.380 e. The monoisotopic (exact) mass is 355 g/mol. The van der Waals surface area contributed by atoms with E-state index >= 15 is 0 Å². The number of pyridine rings is 1. The van der Waals surface area contributed by atoms with Gasteiger partial charge < -0.3 is 10.1 Å². The Balaban J connectivity index is 2.03. The highest BCUT2D eigenvalue weighted by molar-refractivity contribution is 8.00. The third kappa shape index (κ3) is 5.31. The van der Waals surface area contributed by atoms with Gasteiger partial charge in [0.1, 0.15) is 11.1 Å². The number of thioether (sulfide) groups is 1. The quantitative estimate of drug-likeness (QED) is 0.771. The Kier molecular flexibility index (Phi) is 6.99. The number of nitriles is 1. The summed E-state index contributed by atoms with van der Waals surface area (Å²) in [5.74, 6) is 0.108. The number of carbonyl (C=O) groups is 1. The van der Waals surface area contributed by atoms with Crippen molar-refractivity contribution in [2.75, 3.05) is 12.9 Å². The summed E-state index contributed by atoms with van der Waals surface area (Å²) >= 11 is 1.27. The van der Waals surface area contributed by atoms with Gasteiger partial charge in [0, 0.05) is 12.8 Å². The Labute approximate surface area is 152 Å². The standard InChI is InChI=1S/C19H21N3O2S/c1-13-9-16(11-24-3)17(10-20)19(21-13)25-12-18(23)22-14(2)15-7-5-4-6-8-15/h4-9,14H,11-12H2,1-3H3,(H,22,23). The van der Waals surface area contributed by atoms with E-state index in [1.165, 1.54) is 11.8 Å².